The quantitative estimate of drug-likeness (QED) is 0.896. The van der Waals surface area contributed by atoms with Gasteiger partial charge in [-0.25, -0.2) is 9.37 Å². The molecular formula is C15H16FNO2. The average Bonchev–Trinajstić information content (AvgIpc) is 2.41. The van der Waals surface area contributed by atoms with Crippen LogP contribution in [0.5, 0.6) is 11.6 Å². The Labute approximate surface area is 111 Å². The van der Waals surface area contributed by atoms with Gasteiger partial charge in [-0.05, 0) is 30.2 Å². The van der Waals surface area contributed by atoms with Gasteiger partial charge >= 0.3 is 0 Å². The van der Waals surface area contributed by atoms with E-state index in [0.717, 1.165) is 18.5 Å². The van der Waals surface area contributed by atoms with Gasteiger partial charge in [0.15, 0.2) is 11.6 Å². The molecule has 1 aromatic carbocycles. The van der Waals surface area contributed by atoms with Gasteiger partial charge in [-0.3, -0.25) is 0 Å². The molecule has 2 aromatic rings. The molecule has 2 rings (SSSR count). The third kappa shape index (κ3) is 3.51. The van der Waals surface area contributed by atoms with Crippen molar-refractivity contribution in [1.82, 2.24) is 4.98 Å². The van der Waals surface area contributed by atoms with Crippen LogP contribution >= 0.6 is 0 Å². The van der Waals surface area contributed by atoms with Crippen molar-refractivity contribution in [3.05, 3.63) is 53.5 Å². The molecule has 0 radical (unpaired) electrons. The molecule has 0 atom stereocenters. The Bertz CT molecular complexity index is 558. The SMILES string of the molecule is CCCc1cc(CO)cc(Oc2ccccc2F)n1. The van der Waals surface area contributed by atoms with Crippen molar-refractivity contribution < 1.29 is 14.2 Å². The van der Waals surface area contributed by atoms with Crippen molar-refractivity contribution in [2.75, 3.05) is 0 Å². The number of aliphatic hydroxyl groups excluding tert-OH is 1. The molecule has 0 amide bonds. The van der Waals surface area contributed by atoms with Crippen LogP contribution in [0, 0.1) is 5.82 Å². The number of benzene rings is 1. The lowest BCUT2D eigenvalue weighted by atomic mass is 10.2. The number of aliphatic hydroxyl groups is 1. The molecule has 100 valence electrons. The molecule has 1 aromatic heterocycles. The van der Waals surface area contributed by atoms with Gasteiger partial charge in [-0.2, -0.15) is 0 Å². The summed E-state index contributed by atoms with van der Waals surface area (Å²) in [7, 11) is 0. The van der Waals surface area contributed by atoms with Crippen molar-refractivity contribution in [2.24, 2.45) is 0 Å². The molecular weight excluding hydrogens is 245 g/mol. The van der Waals surface area contributed by atoms with Crippen molar-refractivity contribution in [1.29, 1.82) is 0 Å². The van der Waals surface area contributed by atoms with Crippen LogP contribution in [0.3, 0.4) is 0 Å². The van der Waals surface area contributed by atoms with Gasteiger partial charge < -0.3 is 9.84 Å². The van der Waals surface area contributed by atoms with Crippen LogP contribution in [0.4, 0.5) is 4.39 Å². The summed E-state index contributed by atoms with van der Waals surface area (Å²) in [6, 6.07) is 9.62. The minimum atomic E-state index is -0.434. The molecule has 0 aliphatic rings. The zero-order chi connectivity index (χ0) is 13.7. The lowest BCUT2D eigenvalue weighted by molar-refractivity contribution is 0.280. The zero-order valence-electron chi connectivity index (χ0n) is 10.8. The van der Waals surface area contributed by atoms with E-state index in [1.807, 2.05) is 13.0 Å². The highest BCUT2D eigenvalue weighted by molar-refractivity contribution is 5.31. The van der Waals surface area contributed by atoms with E-state index in [-0.39, 0.29) is 12.4 Å². The van der Waals surface area contributed by atoms with Gasteiger partial charge in [0.25, 0.3) is 0 Å². The van der Waals surface area contributed by atoms with Gasteiger partial charge in [-0.1, -0.05) is 25.5 Å². The monoisotopic (exact) mass is 261 g/mol. The van der Waals surface area contributed by atoms with Crippen molar-refractivity contribution in [3.8, 4) is 11.6 Å². The lowest BCUT2D eigenvalue weighted by Gasteiger charge is -2.09. The Morgan fingerprint density at radius 3 is 2.74 bits per heavy atom. The minimum Gasteiger partial charge on any atom is -0.436 e. The molecule has 1 heterocycles. The molecule has 0 bridgehead atoms. The van der Waals surface area contributed by atoms with E-state index in [1.165, 1.54) is 6.07 Å². The number of aryl methyl sites for hydroxylation is 1. The molecule has 0 saturated heterocycles. The van der Waals surface area contributed by atoms with E-state index in [0.29, 0.717) is 11.4 Å². The fourth-order valence-electron chi connectivity index (χ4n) is 1.79. The van der Waals surface area contributed by atoms with E-state index in [9.17, 15) is 9.50 Å². The van der Waals surface area contributed by atoms with E-state index < -0.39 is 5.82 Å². The first-order valence-electron chi connectivity index (χ1n) is 6.26. The molecule has 0 spiro atoms. The second-order valence-electron chi connectivity index (χ2n) is 4.25. The lowest BCUT2D eigenvalue weighted by Crippen LogP contribution is -1.98. The Morgan fingerprint density at radius 2 is 2.05 bits per heavy atom. The number of ether oxygens (including phenoxy) is 1. The maximum Gasteiger partial charge on any atom is 0.219 e. The van der Waals surface area contributed by atoms with Gasteiger partial charge in [-0.15, -0.1) is 0 Å². The fourth-order valence-corrected chi connectivity index (χ4v) is 1.79. The smallest absolute Gasteiger partial charge is 0.219 e. The second kappa shape index (κ2) is 6.29. The van der Waals surface area contributed by atoms with E-state index in [1.54, 1.807) is 24.3 Å². The molecule has 0 saturated carbocycles. The average molecular weight is 261 g/mol. The number of pyridine rings is 1. The third-order valence-electron chi connectivity index (χ3n) is 2.65. The summed E-state index contributed by atoms with van der Waals surface area (Å²) in [6.45, 7) is 1.96. The molecule has 4 heteroatoms. The predicted molar refractivity (Wildman–Crippen MR) is 70.6 cm³/mol. The van der Waals surface area contributed by atoms with E-state index in [2.05, 4.69) is 4.98 Å². The number of hydrogen-bond donors (Lipinski definition) is 1. The molecule has 3 nitrogen and oxygen atoms in total. The summed E-state index contributed by atoms with van der Waals surface area (Å²) < 4.78 is 18.9. The fraction of sp³-hybridized carbons (Fsp3) is 0.267. The highest BCUT2D eigenvalue weighted by atomic mass is 19.1. The van der Waals surface area contributed by atoms with Crippen molar-refractivity contribution in [3.63, 3.8) is 0 Å². The third-order valence-corrected chi connectivity index (χ3v) is 2.65. The molecule has 0 aliphatic heterocycles. The first-order chi connectivity index (χ1) is 9.22. The van der Waals surface area contributed by atoms with Crippen LogP contribution in [-0.2, 0) is 13.0 Å². The summed E-state index contributed by atoms with van der Waals surface area (Å²) in [5, 5.41) is 9.22. The zero-order valence-corrected chi connectivity index (χ0v) is 10.8. The highest BCUT2D eigenvalue weighted by Gasteiger charge is 2.07. The Morgan fingerprint density at radius 1 is 1.26 bits per heavy atom. The first-order valence-corrected chi connectivity index (χ1v) is 6.26. The van der Waals surface area contributed by atoms with E-state index in [4.69, 9.17) is 4.74 Å². The predicted octanol–water partition coefficient (Wildman–Crippen LogP) is 3.46. The normalized spacial score (nSPS) is 10.5. The summed E-state index contributed by atoms with van der Waals surface area (Å²) >= 11 is 0. The Hall–Kier alpha value is -1.94. The van der Waals surface area contributed by atoms with Gasteiger partial charge in [0.05, 0.1) is 6.61 Å². The van der Waals surface area contributed by atoms with Crippen LogP contribution in [0.1, 0.15) is 24.6 Å². The summed E-state index contributed by atoms with van der Waals surface area (Å²) in [5.41, 5.74) is 1.55. The molecule has 0 fully saturated rings. The minimum absolute atomic E-state index is 0.0904. The highest BCUT2D eigenvalue weighted by Crippen LogP contribution is 2.24. The molecule has 1 N–H and O–H groups in total. The van der Waals surface area contributed by atoms with Gasteiger partial charge in [0.2, 0.25) is 5.88 Å². The maximum atomic E-state index is 13.5. The molecule has 19 heavy (non-hydrogen) atoms. The molecule has 0 aliphatic carbocycles. The van der Waals surface area contributed by atoms with Crippen LogP contribution < -0.4 is 4.74 Å². The topological polar surface area (TPSA) is 42.4 Å². The number of halogens is 1. The van der Waals surface area contributed by atoms with Crippen LogP contribution in [0.25, 0.3) is 0 Å². The Kier molecular flexibility index (Phi) is 4.47. The van der Waals surface area contributed by atoms with Crippen LogP contribution in [0.15, 0.2) is 36.4 Å². The van der Waals surface area contributed by atoms with Crippen molar-refractivity contribution in [2.45, 2.75) is 26.4 Å². The first kappa shape index (κ1) is 13.5. The number of nitrogens with zero attached hydrogens (tertiary/aromatic N) is 1. The number of hydrogen-bond acceptors (Lipinski definition) is 3. The Balaban J connectivity index is 2.29. The maximum absolute atomic E-state index is 13.5. The summed E-state index contributed by atoms with van der Waals surface area (Å²) in [5.74, 6) is 0.00313. The van der Waals surface area contributed by atoms with Crippen LogP contribution in [-0.4, -0.2) is 10.1 Å². The number of rotatable bonds is 5. The van der Waals surface area contributed by atoms with Gasteiger partial charge in [0.1, 0.15) is 0 Å². The number of para-hydroxylation sites is 1. The van der Waals surface area contributed by atoms with Crippen molar-refractivity contribution >= 4 is 0 Å². The van der Waals surface area contributed by atoms with Gasteiger partial charge in [0, 0.05) is 11.8 Å². The number of aromatic nitrogens is 1. The van der Waals surface area contributed by atoms with E-state index >= 15 is 0 Å². The summed E-state index contributed by atoms with van der Waals surface area (Å²) in [6.07, 6.45) is 1.74. The summed E-state index contributed by atoms with van der Waals surface area (Å²) in [4.78, 5) is 4.31. The second-order valence-corrected chi connectivity index (χ2v) is 4.25. The molecule has 0 unspecified atom stereocenters. The largest absolute Gasteiger partial charge is 0.436 e. The standard InChI is InChI=1S/C15H16FNO2/c1-2-5-12-8-11(10-18)9-15(17-12)19-14-7-4-3-6-13(14)16/h3-4,6-9,18H,2,5,10H2,1H3. The van der Waals surface area contributed by atoms with Crippen LogP contribution in [0.2, 0.25) is 0 Å².